The molecule has 0 unspecified atom stereocenters. The van der Waals surface area contributed by atoms with E-state index in [1.165, 1.54) is 23.4 Å². The number of aromatic nitrogens is 1. The third kappa shape index (κ3) is 4.09. The van der Waals surface area contributed by atoms with Gasteiger partial charge in [0.25, 0.3) is 5.60 Å². The Morgan fingerprint density at radius 2 is 1.68 bits per heavy atom. The number of halogens is 6. The van der Waals surface area contributed by atoms with Crippen molar-refractivity contribution < 1.29 is 31.4 Å². The largest absolute Gasteiger partial charge is 0.426 e. The molecule has 0 saturated carbocycles. The van der Waals surface area contributed by atoms with Gasteiger partial charge in [0.05, 0.1) is 11.9 Å². The van der Waals surface area contributed by atoms with E-state index in [0.29, 0.717) is 0 Å². The van der Waals surface area contributed by atoms with Crippen LogP contribution < -0.4 is 0 Å². The summed E-state index contributed by atoms with van der Waals surface area (Å²) in [7, 11) is 3.15. The molecule has 0 saturated heterocycles. The fraction of sp³-hybridized carbons (Fsp3) is 0.500. The maximum Gasteiger partial charge on any atom is 0.426 e. The van der Waals surface area contributed by atoms with Gasteiger partial charge in [-0.2, -0.15) is 31.4 Å². The Hall–Kier alpha value is -1.84. The van der Waals surface area contributed by atoms with Gasteiger partial charge in [-0.1, -0.05) is 6.07 Å². The van der Waals surface area contributed by atoms with E-state index >= 15 is 0 Å². The van der Waals surface area contributed by atoms with Crippen LogP contribution in [0.25, 0.3) is 0 Å². The maximum absolute atomic E-state index is 12.6. The summed E-state index contributed by atoms with van der Waals surface area (Å²) in [6.07, 6.45) is -12.3. The van der Waals surface area contributed by atoms with Crippen LogP contribution >= 0.6 is 0 Å². The first-order valence-electron chi connectivity index (χ1n) is 5.90. The van der Waals surface area contributed by atoms with E-state index in [1.807, 2.05) is 0 Å². The number of aliphatic hydroxyl groups is 1. The van der Waals surface area contributed by atoms with E-state index in [1.54, 1.807) is 14.1 Å². The first-order chi connectivity index (χ1) is 9.87. The number of pyridine rings is 1. The molecule has 4 nitrogen and oxygen atoms in total. The second-order valence-corrected chi connectivity index (χ2v) is 4.68. The summed E-state index contributed by atoms with van der Waals surface area (Å²) in [5.74, 6) is 0. The predicted octanol–water partition coefficient (Wildman–Crippen LogP) is 2.38. The normalized spacial score (nSPS) is 13.7. The topological polar surface area (TPSA) is 48.7 Å². The minimum absolute atomic E-state index is 0.0675. The molecule has 0 radical (unpaired) electrons. The van der Waals surface area contributed by atoms with Gasteiger partial charge in [0, 0.05) is 26.2 Å². The Labute approximate surface area is 122 Å². The summed E-state index contributed by atoms with van der Waals surface area (Å²) in [4.78, 5) is 3.62. The van der Waals surface area contributed by atoms with Crippen molar-refractivity contribution >= 4 is 6.21 Å². The highest BCUT2D eigenvalue weighted by Gasteiger charge is 2.70. The molecule has 10 heteroatoms. The van der Waals surface area contributed by atoms with Gasteiger partial charge in [-0.05, 0) is 12.1 Å². The highest BCUT2D eigenvalue weighted by molar-refractivity contribution is 5.76. The first-order valence-corrected chi connectivity index (χ1v) is 5.90. The van der Waals surface area contributed by atoms with Gasteiger partial charge in [-0.25, -0.2) is 0 Å². The van der Waals surface area contributed by atoms with Crippen molar-refractivity contribution in [3.8, 4) is 0 Å². The van der Waals surface area contributed by atoms with Gasteiger partial charge >= 0.3 is 12.4 Å². The molecule has 0 aliphatic rings. The van der Waals surface area contributed by atoms with Gasteiger partial charge in [0.2, 0.25) is 0 Å². The lowest BCUT2D eigenvalue weighted by atomic mass is 9.95. The number of hydrogen-bond acceptors (Lipinski definition) is 4. The van der Waals surface area contributed by atoms with Crippen molar-refractivity contribution in [2.45, 2.75) is 24.4 Å². The number of alkyl halides is 6. The molecule has 0 amide bonds. The summed E-state index contributed by atoms with van der Waals surface area (Å²) < 4.78 is 75.7. The lowest BCUT2D eigenvalue weighted by molar-refractivity contribution is -0.367. The van der Waals surface area contributed by atoms with Crippen LogP contribution in [0.1, 0.15) is 11.4 Å². The van der Waals surface area contributed by atoms with Crippen molar-refractivity contribution in [3.05, 3.63) is 29.6 Å². The SMILES string of the molecule is CN(C)/N=C/c1cccc(CC(O)(C(F)(F)F)C(F)(F)F)n1. The van der Waals surface area contributed by atoms with Crippen LogP contribution in [0.5, 0.6) is 0 Å². The second kappa shape index (κ2) is 6.11. The molecule has 0 bridgehead atoms. The van der Waals surface area contributed by atoms with E-state index in [-0.39, 0.29) is 5.69 Å². The third-order valence-corrected chi connectivity index (χ3v) is 2.62. The Bertz CT molecular complexity index is 524. The molecule has 1 rings (SSSR count). The highest BCUT2D eigenvalue weighted by Crippen LogP contribution is 2.44. The van der Waals surface area contributed by atoms with Gasteiger partial charge in [0.1, 0.15) is 0 Å². The van der Waals surface area contributed by atoms with Gasteiger partial charge in [-0.15, -0.1) is 0 Å². The Morgan fingerprint density at radius 1 is 1.14 bits per heavy atom. The molecule has 1 aromatic rings. The maximum atomic E-state index is 12.6. The van der Waals surface area contributed by atoms with Crippen molar-refractivity contribution in [3.63, 3.8) is 0 Å². The standard InChI is InChI=1S/C12H13F6N3O/c1-21(2)19-7-9-5-3-4-8(20-9)6-10(22,11(13,14)15)12(16,17)18/h3-5,7,22H,6H2,1-2H3/b19-7+. The lowest BCUT2D eigenvalue weighted by Gasteiger charge is -2.32. The van der Waals surface area contributed by atoms with Crippen LogP contribution in [0.15, 0.2) is 23.3 Å². The molecule has 0 aliphatic heterocycles. The molecular weight excluding hydrogens is 316 g/mol. The summed E-state index contributed by atoms with van der Waals surface area (Å²) in [5.41, 5.74) is -5.35. The smallest absolute Gasteiger partial charge is 0.373 e. The van der Waals surface area contributed by atoms with Crippen LogP contribution in [0, 0.1) is 0 Å². The first kappa shape index (κ1) is 18.2. The zero-order chi connectivity index (χ0) is 17.2. The fourth-order valence-corrected chi connectivity index (χ4v) is 1.47. The third-order valence-electron chi connectivity index (χ3n) is 2.62. The summed E-state index contributed by atoms with van der Waals surface area (Å²) in [6.45, 7) is 0. The monoisotopic (exact) mass is 329 g/mol. The van der Waals surface area contributed by atoms with Gasteiger partial charge < -0.3 is 10.1 Å². The van der Waals surface area contributed by atoms with Crippen LogP contribution in [0.3, 0.4) is 0 Å². The van der Waals surface area contributed by atoms with Crippen LogP contribution in [-0.4, -0.2) is 53.4 Å². The summed E-state index contributed by atoms with van der Waals surface area (Å²) in [5, 5.41) is 14.3. The van der Waals surface area contributed by atoms with Crippen molar-refractivity contribution in [2.24, 2.45) is 5.10 Å². The van der Waals surface area contributed by atoms with Crippen molar-refractivity contribution in [2.75, 3.05) is 14.1 Å². The predicted molar refractivity (Wildman–Crippen MR) is 66.3 cm³/mol. The van der Waals surface area contributed by atoms with E-state index in [9.17, 15) is 26.3 Å². The Kier molecular flexibility index (Phi) is 5.06. The zero-order valence-corrected chi connectivity index (χ0v) is 11.6. The molecule has 1 aromatic heterocycles. The average Bonchev–Trinajstić information content (AvgIpc) is 2.34. The molecule has 1 heterocycles. The number of hydrogen-bond donors (Lipinski definition) is 1. The van der Waals surface area contributed by atoms with Gasteiger partial charge in [0.15, 0.2) is 0 Å². The number of rotatable bonds is 4. The van der Waals surface area contributed by atoms with Crippen molar-refractivity contribution in [1.82, 2.24) is 9.99 Å². The van der Waals surface area contributed by atoms with E-state index in [0.717, 1.165) is 6.07 Å². The van der Waals surface area contributed by atoms with Gasteiger partial charge in [-0.3, -0.25) is 4.98 Å². The highest BCUT2D eigenvalue weighted by atomic mass is 19.4. The van der Waals surface area contributed by atoms with Crippen LogP contribution in [0.2, 0.25) is 0 Å². The molecule has 0 aromatic carbocycles. The summed E-state index contributed by atoms with van der Waals surface area (Å²) >= 11 is 0. The zero-order valence-electron chi connectivity index (χ0n) is 11.6. The molecule has 22 heavy (non-hydrogen) atoms. The molecular formula is C12H13F6N3O. The molecule has 0 aliphatic carbocycles. The van der Waals surface area contributed by atoms with Crippen LogP contribution in [-0.2, 0) is 6.42 Å². The minimum atomic E-state index is -5.87. The van der Waals surface area contributed by atoms with E-state index in [4.69, 9.17) is 5.11 Å². The minimum Gasteiger partial charge on any atom is -0.373 e. The summed E-state index contributed by atoms with van der Waals surface area (Å²) in [6, 6.07) is 3.55. The van der Waals surface area contributed by atoms with Crippen LogP contribution in [0.4, 0.5) is 26.3 Å². The Balaban J connectivity index is 3.13. The van der Waals surface area contributed by atoms with E-state index in [2.05, 4.69) is 10.1 Å². The molecule has 124 valence electrons. The molecule has 0 fully saturated rings. The molecule has 1 N–H and O–H groups in total. The fourth-order valence-electron chi connectivity index (χ4n) is 1.47. The van der Waals surface area contributed by atoms with E-state index < -0.39 is 30.1 Å². The Morgan fingerprint density at radius 3 is 2.14 bits per heavy atom. The second-order valence-electron chi connectivity index (χ2n) is 4.68. The molecule has 0 atom stereocenters. The molecule has 0 spiro atoms. The average molecular weight is 329 g/mol. The quantitative estimate of drug-likeness (QED) is 0.524. The number of nitrogens with zero attached hydrogens (tertiary/aromatic N) is 3. The van der Waals surface area contributed by atoms with Crippen molar-refractivity contribution in [1.29, 1.82) is 0 Å². The number of hydrazone groups is 1. The lowest BCUT2D eigenvalue weighted by Crippen LogP contribution is -2.58.